The zero-order valence-corrected chi connectivity index (χ0v) is 13.9. The maximum absolute atomic E-state index is 12.4. The van der Waals surface area contributed by atoms with Gasteiger partial charge in [0.05, 0.1) is 6.20 Å². The van der Waals surface area contributed by atoms with Gasteiger partial charge in [0.15, 0.2) is 5.03 Å². The number of halogens is 1. The molecule has 0 amide bonds. The average Bonchev–Trinajstić information content (AvgIpc) is 3.00. The van der Waals surface area contributed by atoms with Gasteiger partial charge in [0, 0.05) is 26.1 Å². The number of rotatable bonds is 4. The van der Waals surface area contributed by atoms with E-state index in [1.54, 1.807) is 0 Å². The molecule has 2 N–H and O–H groups in total. The van der Waals surface area contributed by atoms with Crippen molar-refractivity contribution in [2.75, 3.05) is 19.6 Å². The number of aryl methyl sites for hydroxylation is 1. The molecule has 0 bridgehead atoms. The fraction of sp³-hybridized carbons (Fsp3) is 0.769. The zero-order valence-electron chi connectivity index (χ0n) is 12.3. The number of fused-ring (bicyclic) bond motifs is 1. The smallest absolute Gasteiger partial charge is 0.257 e. The summed E-state index contributed by atoms with van der Waals surface area (Å²) in [6.07, 6.45) is 5.48. The van der Waals surface area contributed by atoms with Gasteiger partial charge < -0.3 is 9.88 Å². The Morgan fingerprint density at radius 3 is 3.00 bits per heavy atom. The number of hydrogen-bond donors (Lipinski definition) is 2. The summed E-state index contributed by atoms with van der Waals surface area (Å²) in [5, 5.41) is 3.65. The van der Waals surface area contributed by atoms with Gasteiger partial charge in [-0.3, -0.25) is 0 Å². The van der Waals surface area contributed by atoms with E-state index in [9.17, 15) is 8.42 Å². The van der Waals surface area contributed by atoms with E-state index >= 15 is 0 Å². The van der Waals surface area contributed by atoms with Crippen LogP contribution in [0.2, 0.25) is 0 Å². The molecule has 21 heavy (non-hydrogen) atoms. The maximum atomic E-state index is 12.4. The largest absolute Gasteiger partial charge is 0.318 e. The molecule has 3 rings (SSSR count). The zero-order chi connectivity index (χ0) is 14.2. The van der Waals surface area contributed by atoms with Gasteiger partial charge >= 0.3 is 0 Å². The van der Waals surface area contributed by atoms with Crippen LogP contribution in [-0.4, -0.2) is 37.6 Å². The van der Waals surface area contributed by atoms with E-state index in [0.717, 1.165) is 51.1 Å². The van der Waals surface area contributed by atoms with Crippen molar-refractivity contribution in [1.29, 1.82) is 0 Å². The van der Waals surface area contributed by atoms with Gasteiger partial charge in [0.1, 0.15) is 5.82 Å². The van der Waals surface area contributed by atoms with Crippen molar-refractivity contribution in [3.05, 3.63) is 12.0 Å². The number of imidazole rings is 1. The summed E-state index contributed by atoms with van der Waals surface area (Å²) in [6, 6.07) is 0. The van der Waals surface area contributed by atoms with Crippen LogP contribution in [0.5, 0.6) is 0 Å². The second-order valence-corrected chi connectivity index (χ2v) is 7.90. The van der Waals surface area contributed by atoms with Gasteiger partial charge in [-0.25, -0.2) is 18.1 Å². The van der Waals surface area contributed by atoms with E-state index in [1.807, 2.05) is 4.57 Å². The first-order valence-electron chi connectivity index (χ1n) is 7.25. The van der Waals surface area contributed by atoms with E-state index in [-0.39, 0.29) is 17.8 Å². The molecule has 6 nitrogen and oxygen atoms in total. The minimum absolute atomic E-state index is 0. The van der Waals surface area contributed by atoms with Crippen LogP contribution >= 0.6 is 12.4 Å². The Balaban J connectivity index is 0.00000161. The van der Waals surface area contributed by atoms with Gasteiger partial charge in [-0.05, 0) is 31.2 Å². The molecule has 2 aliphatic heterocycles. The molecule has 0 aromatic carbocycles. The van der Waals surface area contributed by atoms with Crippen molar-refractivity contribution in [3.63, 3.8) is 0 Å². The first-order valence-corrected chi connectivity index (χ1v) is 8.73. The van der Waals surface area contributed by atoms with Gasteiger partial charge in [0.25, 0.3) is 10.0 Å². The molecule has 1 aromatic rings. The molecule has 3 heterocycles. The van der Waals surface area contributed by atoms with E-state index < -0.39 is 10.0 Å². The SMILES string of the molecule is CC1(CNS(=O)(=O)c2cnc3n2CCC3)CCCNC1.Cl. The van der Waals surface area contributed by atoms with Gasteiger partial charge in [-0.2, -0.15) is 0 Å². The molecule has 120 valence electrons. The molecule has 0 radical (unpaired) electrons. The molecule has 2 aliphatic rings. The molecule has 8 heteroatoms. The van der Waals surface area contributed by atoms with E-state index in [2.05, 4.69) is 21.9 Å². The molecular weight excluding hydrogens is 312 g/mol. The van der Waals surface area contributed by atoms with Crippen LogP contribution < -0.4 is 10.0 Å². The third-order valence-electron chi connectivity index (χ3n) is 4.33. The van der Waals surface area contributed by atoms with Crippen molar-refractivity contribution in [1.82, 2.24) is 19.6 Å². The van der Waals surface area contributed by atoms with Crippen LogP contribution in [0.1, 0.15) is 32.0 Å². The summed E-state index contributed by atoms with van der Waals surface area (Å²) >= 11 is 0. The molecule has 1 aromatic heterocycles. The second-order valence-electron chi connectivity index (χ2n) is 6.18. The third-order valence-corrected chi connectivity index (χ3v) is 5.73. The highest BCUT2D eigenvalue weighted by Crippen LogP contribution is 2.25. The monoisotopic (exact) mass is 334 g/mol. The topological polar surface area (TPSA) is 76.0 Å². The Morgan fingerprint density at radius 2 is 2.29 bits per heavy atom. The lowest BCUT2D eigenvalue weighted by Gasteiger charge is -2.34. The highest BCUT2D eigenvalue weighted by molar-refractivity contribution is 7.89. The molecule has 1 fully saturated rings. The molecule has 1 atom stereocenters. The Hall–Kier alpha value is -0.630. The number of nitrogens with zero attached hydrogens (tertiary/aromatic N) is 2. The first kappa shape index (κ1) is 16.7. The lowest BCUT2D eigenvalue weighted by Crippen LogP contribution is -2.45. The van der Waals surface area contributed by atoms with E-state index in [0.29, 0.717) is 11.6 Å². The number of aromatic nitrogens is 2. The number of sulfonamides is 1. The minimum atomic E-state index is -3.46. The first-order chi connectivity index (χ1) is 9.50. The summed E-state index contributed by atoms with van der Waals surface area (Å²) in [5.74, 6) is 0.885. The summed E-state index contributed by atoms with van der Waals surface area (Å²) in [4.78, 5) is 4.21. The van der Waals surface area contributed by atoms with Crippen molar-refractivity contribution in [2.45, 2.75) is 44.2 Å². The summed E-state index contributed by atoms with van der Waals surface area (Å²) in [7, 11) is -3.46. The minimum Gasteiger partial charge on any atom is -0.318 e. The molecule has 1 saturated heterocycles. The predicted octanol–water partition coefficient (Wildman–Crippen LogP) is 0.919. The quantitative estimate of drug-likeness (QED) is 0.858. The van der Waals surface area contributed by atoms with E-state index in [1.165, 1.54) is 6.20 Å². The fourth-order valence-electron chi connectivity index (χ4n) is 3.06. The number of hydrogen-bond acceptors (Lipinski definition) is 4. The second kappa shape index (κ2) is 6.24. The lowest BCUT2D eigenvalue weighted by molar-refractivity contribution is 0.238. The number of nitrogens with one attached hydrogen (secondary N) is 2. The average molecular weight is 335 g/mol. The third kappa shape index (κ3) is 3.41. The highest BCUT2D eigenvalue weighted by Gasteiger charge is 2.30. The summed E-state index contributed by atoms with van der Waals surface area (Å²) in [6.45, 7) is 5.24. The fourth-order valence-corrected chi connectivity index (χ4v) is 4.42. The summed E-state index contributed by atoms with van der Waals surface area (Å²) < 4.78 is 29.5. The standard InChI is InChI=1S/C13H22N4O2S.ClH/c1-13(5-3-6-14-9-13)10-16-20(18,19)12-8-15-11-4-2-7-17(11)12;/h8,14,16H,2-7,9-10H2,1H3;1H. The van der Waals surface area contributed by atoms with Crippen molar-refractivity contribution in [2.24, 2.45) is 5.41 Å². The van der Waals surface area contributed by atoms with E-state index in [4.69, 9.17) is 0 Å². The van der Waals surface area contributed by atoms with Gasteiger partial charge in [0.2, 0.25) is 0 Å². The molecule has 0 saturated carbocycles. The van der Waals surface area contributed by atoms with Crippen LogP contribution in [0.15, 0.2) is 11.2 Å². The van der Waals surface area contributed by atoms with Crippen LogP contribution in [0.4, 0.5) is 0 Å². The van der Waals surface area contributed by atoms with Gasteiger partial charge in [-0.15, -0.1) is 12.4 Å². The van der Waals surface area contributed by atoms with Crippen LogP contribution in [0.25, 0.3) is 0 Å². The maximum Gasteiger partial charge on any atom is 0.257 e. The highest BCUT2D eigenvalue weighted by atomic mass is 35.5. The van der Waals surface area contributed by atoms with Crippen LogP contribution in [0.3, 0.4) is 0 Å². The Kier molecular flexibility index (Phi) is 4.97. The van der Waals surface area contributed by atoms with Crippen molar-refractivity contribution in [3.8, 4) is 0 Å². The van der Waals surface area contributed by atoms with Crippen LogP contribution in [0, 0.1) is 5.41 Å². The molecule has 0 spiro atoms. The Labute approximate surface area is 132 Å². The predicted molar refractivity (Wildman–Crippen MR) is 83.2 cm³/mol. The van der Waals surface area contributed by atoms with Crippen molar-refractivity contribution >= 4 is 22.4 Å². The number of piperidine rings is 1. The Bertz CT molecular complexity index is 593. The Morgan fingerprint density at radius 1 is 1.48 bits per heavy atom. The molecule has 1 unspecified atom stereocenters. The van der Waals surface area contributed by atoms with Crippen LogP contribution in [-0.2, 0) is 23.0 Å². The summed E-state index contributed by atoms with van der Waals surface area (Å²) in [5.41, 5.74) is -0.000813. The normalized spacial score (nSPS) is 25.4. The molecular formula is C13H23ClN4O2S. The van der Waals surface area contributed by atoms with Crippen molar-refractivity contribution < 1.29 is 8.42 Å². The molecule has 0 aliphatic carbocycles. The lowest BCUT2D eigenvalue weighted by atomic mass is 9.83. The van der Waals surface area contributed by atoms with Gasteiger partial charge in [-0.1, -0.05) is 6.92 Å².